The van der Waals surface area contributed by atoms with Crippen LogP contribution in [-0.2, 0) is 6.42 Å². The van der Waals surface area contributed by atoms with E-state index in [9.17, 15) is 13.6 Å². The molecule has 7 nitrogen and oxygen atoms in total. The van der Waals surface area contributed by atoms with Crippen LogP contribution in [0, 0.1) is 11.6 Å². The topological polar surface area (TPSA) is 92.8 Å². The molecule has 9 heteroatoms. The number of rotatable bonds is 4. The smallest absolute Gasteiger partial charge is 0.259 e. The van der Waals surface area contributed by atoms with E-state index in [4.69, 9.17) is 4.74 Å². The Kier molecular flexibility index (Phi) is 4.62. The largest absolute Gasteiger partial charge is 0.493 e. The Morgan fingerprint density at radius 1 is 1.06 bits per heavy atom. The second-order valence-corrected chi connectivity index (χ2v) is 6.94. The third-order valence-corrected chi connectivity index (χ3v) is 4.93. The van der Waals surface area contributed by atoms with Crippen molar-refractivity contribution in [3.63, 3.8) is 0 Å². The first-order chi connectivity index (χ1) is 15.1. The van der Waals surface area contributed by atoms with Gasteiger partial charge in [0.05, 0.1) is 17.7 Å². The van der Waals surface area contributed by atoms with Crippen LogP contribution in [0.15, 0.2) is 54.9 Å². The summed E-state index contributed by atoms with van der Waals surface area (Å²) in [4.78, 5) is 20.8. The number of halogens is 2. The van der Waals surface area contributed by atoms with Gasteiger partial charge in [-0.3, -0.25) is 20.2 Å². The van der Waals surface area contributed by atoms with Crippen molar-refractivity contribution in [2.75, 3.05) is 11.9 Å². The molecule has 1 aliphatic rings. The highest BCUT2D eigenvalue weighted by atomic mass is 19.1. The minimum Gasteiger partial charge on any atom is -0.493 e. The van der Waals surface area contributed by atoms with Crippen LogP contribution in [0.4, 0.5) is 14.7 Å². The van der Waals surface area contributed by atoms with Crippen LogP contribution in [0.3, 0.4) is 0 Å². The number of pyridine rings is 1. The molecular weight excluding hydrogens is 404 g/mol. The molecule has 154 valence electrons. The molecule has 1 aliphatic heterocycles. The van der Waals surface area contributed by atoms with Gasteiger partial charge in [-0.1, -0.05) is 12.1 Å². The van der Waals surface area contributed by atoms with Crippen LogP contribution in [0.25, 0.3) is 22.5 Å². The molecule has 0 spiro atoms. The summed E-state index contributed by atoms with van der Waals surface area (Å²) < 4.78 is 33.4. The van der Waals surface area contributed by atoms with E-state index in [1.807, 2.05) is 18.2 Å². The fraction of sp³-hybridized carbons (Fsp3) is 0.0909. The van der Waals surface area contributed by atoms with Crippen LogP contribution in [0.1, 0.15) is 15.9 Å². The Labute approximate surface area is 175 Å². The molecule has 0 bridgehead atoms. The molecule has 0 saturated carbocycles. The molecule has 5 rings (SSSR count). The quantitative estimate of drug-likeness (QED) is 0.522. The number of aromatic nitrogens is 4. The molecular formula is C22H15F2N5O2. The van der Waals surface area contributed by atoms with Gasteiger partial charge < -0.3 is 4.74 Å². The minimum atomic E-state index is -0.786. The number of ether oxygens (including phenoxy) is 1. The van der Waals surface area contributed by atoms with E-state index in [1.165, 1.54) is 12.3 Å². The summed E-state index contributed by atoms with van der Waals surface area (Å²) in [5.41, 5.74) is 2.74. The Morgan fingerprint density at radius 2 is 1.90 bits per heavy atom. The third-order valence-electron chi connectivity index (χ3n) is 4.93. The molecule has 2 N–H and O–H groups in total. The number of carbonyl (C=O) groups is 1. The highest BCUT2D eigenvalue weighted by Crippen LogP contribution is 2.30. The van der Waals surface area contributed by atoms with E-state index in [-0.39, 0.29) is 22.9 Å². The number of fused-ring (bicyclic) bond motifs is 1. The van der Waals surface area contributed by atoms with Gasteiger partial charge in [0.15, 0.2) is 5.82 Å². The standard InChI is InChI=1S/C22H15F2N5O2/c23-16-2-1-3-17(24)19(16)20-26-22(29-28-20)27-21(30)15-9-14(10-25-11-15)12-4-5-18-13(8-12)6-7-31-18/h1-5,8-11H,6-7H2,(H2,26,27,28,29,30). The molecule has 0 atom stereocenters. The normalized spacial score (nSPS) is 12.3. The zero-order chi connectivity index (χ0) is 21.4. The molecule has 0 aliphatic carbocycles. The lowest BCUT2D eigenvalue weighted by Gasteiger charge is -2.06. The van der Waals surface area contributed by atoms with Crippen molar-refractivity contribution < 1.29 is 18.3 Å². The van der Waals surface area contributed by atoms with Crippen molar-refractivity contribution >= 4 is 11.9 Å². The number of nitrogens with one attached hydrogen (secondary N) is 2. The Bertz CT molecular complexity index is 1280. The van der Waals surface area contributed by atoms with Gasteiger partial charge in [0, 0.05) is 24.4 Å². The number of nitrogens with zero attached hydrogens (tertiary/aromatic N) is 3. The van der Waals surface area contributed by atoms with E-state index in [1.54, 1.807) is 12.3 Å². The summed E-state index contributed by atoms with van der Waals surface area (Å²) in [6.07, 6.45) is 3.92. The molecule has 31 heavy (non-hydrogen) atoms. The molecule has 1 amide bonds. The first kappa shape index (κ1) is 18.9. The van der Waals surface area contributed by atoms with Gasteiger partial charge >= 0.3 is 0 Å². The van der Waals surface area contributed by atoms with Gasteiger partial charge in [-0.15, -0.1) is 5.10 Å². The minimum absolute atomic E-state index is 0.109. The monoisotopic (exact) mass is 419 g/mol. The van der Waals surface area contributed by atoms with Crippen molar-refractivity contribution in [3.8, 4) is 28.3 Å². The lowest BCUT2D eigenvalue weighted by Crippen LogP contribution is -2.13. The number of amides is 1. The Morgan fingerprint density at radius 3 is 2.74 bits per heavy atom. The average Bonchev–Trinajstić information content (AvgIpc) is 3.43. The Balaban J connectivity index is 1.37. The number of benzene rings is 2. The summed E-state index contributed by atoms with van der Waals surface area (Å²) >= 11 is 0. The van der Waals surface area contributed by atoms with Crippen LogP contribution in [0.2, 0.25) is 0 Å². The van der Waals surface area contributed by atoms with E-state index >= 15 is 0 Å². The van der Waals surface area contributed by atoms with E-state index in [0.717, 1.165) is 41.0 Å². The number of anilines is 1. The Hall–Kier alpha value is -4.14. The molecule has 0 radical (unpaired) electrons. The van der Waals surface area contributed by atoms with Gasteiger partial charge in [-0.05, 0) is 41.5 Å². The fourth-order valence-electron chi connectivity index (χ4n) is 3.42. The zero-order valence-electron chi connectivity index (χ0n) is 16.0. The number of carbonyl (C=O) groups excluding carboxylic acids is 1. The molecule has 2 aromatic carbocycles. The molecule has 4 aromatic rings. The summed E-state index contributed by atoms with van der Waals surface area (Å²) in [6, 6.07) is 11.0. The van der Waals surface area contributed by atoms with Gasteiger partial charge in [0.2, 0.25) is 5.95 Å². The molecule has 0 fully saturated rings. The van der Waals surface area contributed by atoms with Crippen molar-refractivity contribution in [1.82, 2.24) is 20.2 Å². The summed E-state index contributed by atoms with van der Waals surface area (Å²) in [6.45, 7) is 0.662. The van der Waals surface area contributed by atoms with Crippen LogP contribution in [0.5, 0.6) is 5.75 Å². The summed E-state index contributed by atoms with van der Waals surface area (Å²) in [5.74, 6) is -1.44. The van der Waals surface area contributed by atoms with Crippen LogP contribution < -0.4 is 10.1 Å². The highest BCUT2D eigenvalue weighted by molar-refractivity contribution is 6.03. The van der Waals surface area contributed by atoms with Crippen LogP contribution >= 0.6 is 0 Å². The van der Waals surface area contributed by atoms with Crippen LogP contribution in [-0.4, -0.2) is 32.7 Å². The first-order valence-electron chi connectivity index (χ1n) is 9.48. The van der Waals surface area contributed by atoms with Gasteiger partial charge in [0.1, 0.15) is 17.4 Å². The average molecular weight is 419 g/mol. The second-order valence-electron chi connectivity index (χ2n) is 6.94. The number of H-pyrrole nitrogens is 1. The van der Waals surface area contributed by atoms with E-state index < -0.39 is 17.5 Å². The zero-order valence-corrected chi connectivity index (χ0v) is 16.0. The van der Waals surface area contributed by atoms with Crippen molar-refractivity contribution in [2.24, 2.45) is 0 Å². The maximum atomic E-state index is 13.9. The predicted octanol–water partition coefficient (Wildman–Crippen LogP) is 4.00. The number of aromatic amines is 1. The maximum absolute atomic E-state index is 13.9. The second kappa shape index (κ2) is 7.60. The maximum Gasteiger partial charge on any atom is 0.259 e. The molecule has 0 saturated heterocycles. The van der Waals surface area contributed by atoms with E-state index in [2.05, 4.69) is 25.5 Å². The van der Waals surface area contributed by atoms with Crippen molar-refractivity contribution in [2.45, 2.75) is 6.42 Å². The summed E-state index contributed by atoms with van der Waals surface area (Å²) in [5, 5.41) is 8.77. The van der Waals surface area contributed by atoms with Gasteiger partial charge in [0.25, 0.3) is 5.91 Å². The molecule has 3 heterocycles. The van der Waals surface area contributed by atoms with Gasteiger partial charge in [-0.2, -0.15) is 4.98 Å². The lowest BCUT2D eigenvalue weighted by molar-refractivity contribution is 0.102. The number of hydrogen-bond donors (Lipinski definition) is 2. The molecule has 0 unspecified atom stereocenters. The lowest BCUT2D eigenvalue weighted by atomic mass is 10.0. The predicted molar refractivity (Wildman–Crippen MR) is 109 cm³/mol. The van der Waals surface area contributed by atoms with Gasteiger partial charge in [-0.25, -0.2) is 8.78 Å². The fourth-order valence-corrected chi connectivity index (χ4v) is 3.42. The van der Waals surface area contributed by atoms with E-state index in [0.29, 0.717) is 6.61 Å². The van der Waals surface area contributed by atoms with Crippen molar-refractivity contribution in [3.05, 3.63) is 77.6 Å². The third kappa shape index (κ3) is 3.61. The number of hydrogen-bond acceptors (Lipinski definition) is 5. The molecule has 2 aromatic heterocycles. The summed E-state index contributed by atoms with van der Waals surface area (Å²) in [7, 11) is 0. The SMILES string of the molecule is O=C(Nc1n[nH]c(-c2c(F)cccc2F)n1)c1cncc(-c2ccc3c(c2)CCO3)c1. The highest BCUT2D eigenvalue weighted by Gasteiger charge is 2.18. The first-order valence-corrected chi connectivity index (χ1v) is 9.48. The van der Waals surface area contributed by atoms with Crippen molar-refractivity contribution in [1.29, 1.82) is 0 Å².